The molecule has 2 aromatic rings. The van der Waals surface area contributed by atoms with Crippen molar-refractivity contribution in [2.24, 2.45) is 0 Å². The molecule has 1 aromatic heterocycles. The van der Waals surface area contributed by atoms with Crippen LogP contribution in [0.5, 0.6) is 0 Å². The second kappa shape index (κ2) is 4.92. The van der Waals surface area contributed by atoms with Crippen LogP contribution < -0.4 is 5.32 Å². The van der Waals surface area contributed by atoms with Crippen LogP contribution in [0.2, 0.25) is 10.0 Å². The van der Waals surface area contributed by atoms with E-state index in [0.29, 0.717) is 10.0 Å². The van der Waals surface area contributed by atoms with E-state index in [0.717, 1.165) is 11.4 Å². The Morgan fingerprint density at radius 3 is 2.56 bits per heavy atom. The molecule has 0 radical (unpaired) electrons. The van der Waals surface area contributed by atoms with Crippen LogP contribution >= 0.6 is 23.2 Å². The van der Waals surface area contributed by atoms with E-state index in [-0.39, 0.29) is 5.54 Å². The molecular formula is C13H15Cl2N3. The fourth-order valence-corrected chi connectivity index (χ4v) is 2.02. The van der Waals surface area contributed by atoms with Crippen molar-refractivity contribution in [3.8, 4) is 5.69 Å². The van der Waals surface area contributed by atoms with E-state index < -0.39 is 0 Å². The Kier molecular flexibility index (Phi) is 3.66. The Morgan fingerprint density at radius 1 is 1.22 bits per heavy atom. The second-order valence-corrected chi connectivity index (χ2v) is 5.44. The molecule has 1 aromatic carbocycles. The summed E-state index contributed by atoms with van der Waals surface area (Å²) < 4.78 is 2.00. The Labute approximate surface area is 117 Å². The zero-order chi connectivity index (χ0) is 13.3. The van der Waals surface area contributed by atoms with Crippen LogP contribution in [0.15, 0.2) is 30.7 Å². The van der Waals surface area contributed by atoms with Crippen molar-refractivity contribution in [1.82, 2.24) is 14.9 Å². The molecule has 0 fully saturated rings. The van der Waals surface area contributed by atoms with Crippen LogP contribution in [0.4, 0.5) is 0 Å². The topological polar surface area (TPSA) is 29.9 Å². The number of rotatable bonds is 3. The van der Waals surface area contributed by atoms with Crippen LogP contribution in [0.1, 0.15) is 19.5 Å². The first-order chi connectivity index (χ1) is 8.45. The highest BCUT2D eigenvalue weighted by molar-refractivity contribution is 6.42. The number of nitrogens with one attached hydrogen (secondary N) is 1. The molecule has 5 heteroatoms. The summed E-state index contributed by atoms with van der Waals surface area (Å²) in [7, 11) is 1.92. The monoisotopic (exact) mass is 283 g/mol. The minimum Gasteiger partial charge on any atom is -0.310 e. The maximum atomic E-state index is 6.05. The van der Waals surface area contributed by atoms with Gasteiger partial charge in [-0.1, -0.05) is 23.2 Å². The SMILES string of the molecule is CNC(C)(C)c1cncn1-c1ccc(Cl)c(Cl)c1. The quantitative estimate of drug-likeness (QED) is 0.932. The van der Waals surface area contributed by atoms with Gasteiger partial charge in [-0.3, -0.25) is 0 Å². The highest BCUT2D eigenvalue weighted by atomic mass is 35.5. The third kappa shape index (κ3) is 2.39. The number of hydrogen-bond donors (Lipinski definition) is 1. The lowest BCUT2D eigenvalue weighted by molar-refractivity contribution is 0.425. The van der Waals surface area contributed by atoms with E-state index in [9.17, 15) is 0 Å². The van der Waals surface area contributed by atoms with Crippen molar-refractivity contribution in [2.45, 2.75) is 19.4 Å². The summed E-state index contributed by atoms with van der Waals surface area (Å²) >= 11 is 12.0. The van der Waals surface area contributed by atoms with Crippen molar-refractivity contribution in [3.63, 3.8) is 0 Å². The molecule has 3 nitrogen and oxygen atoms in total. The third-order valence-corrected chi connectivity index (χ3v) is 3.82. The molecule has 2 rings (SSSR count). The van der Waals surface area contributed by atoms with Gasteiger partial charge in [0.25, 0.3) is 0 Å². The van der Waals surface area contributed by atoms with E-state index in [1.807, 2.05) is 29.9 Å². The van der Waals surface area contributed by atoms with Crippen molar-refractivity contribution in [1.29, 1.82) is 0 Å². The minimum atomic E-state index is -0.178. The maximum absolute atomic E-state index is 6.05. The maximum Gasteiger partial charge on any atom is 0.0994 e. The molecular weight excluding hydrogens is 269 g/mol. The number of benzene rings is 1. The summed E-state index contributed by atoms with van der Waals surface area (Å²) in [6, 6.07) is 5.54. The fraction of sp³-hybridized carbons (Fsp3) is 0.308. The summed E-state index contributed by atoms with van der Waals surface area (Å²) in [5.41, 5.74) is 1.83. The first kappa shape index (κ1) is 13.4. The first-order valence-corrected chi connectivity index (χ1v) is 6.38. The van der Waals surface area contributed by atoms with E-state index in [2.05, 4.69) is 24.1 Å². The predicted octanol–water partition coefficient (Wildman–Crippen LogP) is 3.63. The molecule has 0 aliphatic rings. The minimum absolute atomic E-state index is 0.178. The summed E-state index contributed by atoms with van der Waals surface area (Å²) in [4.78, 5) is 4.21. The van der Waals surface area contributed by atoms with Gasteiger partial charge in [-0.05, 0) is 39.1 Å². The van der Waals surface area contributed by atoms with E-state index in [4.69, 9.17) is 23.2 Å². The van der Waals surface area contributed by atoms with E-state index in [1.54, 1.807) is 12.4 Å². The lowest BCUT2D eigenvalue weighted by Gasteiger charge is -2.25. The van der Waals surface area contributed by atoms with Crippen molar-refractivity contribution < 1.29 is 0 Å². The summed E-state index contributed by atoms with van der Waals surface area (Å²) in [6.45, 7) is 4.19. The molecule has 0 atom stereocenters. The van der Waals surface area contributed by atoms with Gasteiger partial charge in [0.15, 0.2) is 0 Å². The molecule has 0 aliphatic carbocycles. The summed E-state index contributed by atoms with van der Waals surface area (Å²) in [6.07, 6.45) is 3.62. The zero-order valence-corrected chi connectivity index (χ0v) is 12.0. The number of hydrogen-bond acceptors (Lipinski definition) is 2. The summed E-state index contributed by atoms with van der Waals surface area (Å²) in [5, 5.41) is 4.35. The molecule has 0 saturated carbocycles. The lowest BCUT2D eigenvalue weighted by atomic mass is 10.0. The van der Waals surface area contributed by atoms with Crippen LogP contribution in [-0.2, 0) is 5.54 Å². The highest BCUT2D eigenvalue weighted by Gasteiger charge is 2.22. The molecule has 0 saturated heterocycles. The van der Waals surface area contributed by atoms with Gasteiger partial charge in [0.2, 0.25) is 0 Å². The van der Waals surface area contributed by atoms with E-state index >= 15 is 0 Å². The largest absolute Gasteiger partial charge is 0.310 e. The second-order valence-electron chi connectivity index (χ2n) is 4.62. The van der Waals surface area contributed by atoms with E-state index in [1.165, 1.54) is 0 Å². The molecule has 96 valence electrons. The normalized spacial score (nSPS) is 11.8. The molecule has 0 aliphatic heterocycles. The Balaban J connectivity index is 2.52. The van der Waals surface area contributed by atoms with Gasteiger partial charge < -0.3 is 9.88 Å². The average molecular weight is 284 g/mol. The van der Waals surface area contributed by atoms with Crippen LogP contribution in [0.3, 0.4) is 0 Å². The smallest absolute Gasteiger partial charge is 0.0994 e. The predicted molar refractivity (Wildman–Crippen MR) is 75.7 cm³/mol. The Morgan fingerprint density at radius 2 is 1.94 bits per heavy atom. The van der Waals surface area contributed by atoms with Crippen LogP contribution in [0.25, 0.3) is 5.69 Å². The molecule has 1 heterocycles. The zero-order valence-electron chi connectivity index (χ0n) is 10.5. The first-order valence-electron chi connectivity index (χ1n) is 5.63. The van der Waals surface area contributed by atoms with Gasteiger partial charge in [-0.2, -0.15) is 0 Å². The Hall–Kier alpha value is -1.03. The van der Waals surface area contributed by atoms with Gasteiger partial charge in [0.05, 0.1) is 33.8 Å². The van der Waals surface area contributed by atoms with Crippen LogP contribution in [-0.4, -0.2) is 16.6 Å². The number of imidazole rings is 1. The molecule has 0 amide bonds. The van der Waals surface area contributed by atoms with Gasteiger partial charge in [-0.15, -0.1) is 0 Å². The molecule has 1 N–H and O–H groups in total. The lowest BCUT2D eigenvalue weighted by Crippen LogP contribution is -2.35. The number of aromatic nitrogens is 2. The number of nitrogens with zero attached hydrogens (tertiary/aromatic N) is 2. The molecule has 0 bridgehead atoms. The molecule has 0 unspecified atom stereocenters. The van der Waals surface area contributed by atoms with Gasteiger partial charge in [-0.25, -0.2) is 4.98 Å². The number of halogens is 2. The van der Waals surface area contributed by atoms with Crippen molar-refractivity contribution in [3.05, 3.63) is 46.5 Å². The van der Waals surface area contributed by atoms with Gasteiger partial charge in [0.1, 0.15) is 0 Å². The molecule has 18 heavy (non-hydrogen) atoms. The summed E-state index contributed by atoms with van der Waals surface area (Å²) in [5.74, 6) is 0. The third-order valence-electron chi connectivity index (χ3n) is 3.09. The molecule has 0 spiro atoms. The van der Waals surface area contributed by atoms with Crippen molar-refractivity contribution >= 4 is 23.2 Å². The highest BCUT2D eigenvalue weighted by Crippen LogP contribution is 2.27. The Bertz CT molecular complexity index is 561. The fourth-order valence-electron chi connectivity index (χ4n) is 1.73. The van der Waals surface area contributed by atoms with Gasteiger partial charge in [0, 0.05) is 5.69 Å². The average Bonchev–Trinajstić information content (AvgIpc) is 2.82. The van der Waals surface area contributed by atoms with Gasteiger partial charge >= 0.3 is 0 Å². The van der Waals surface area contributed by atoms with Crippen molar-refractivity contribution in [2.75, 3.05) is 7.05 Å². The van der Waals surface area contributed by atoms with Crippen LogP contribution in [0, 0.1) is 0 Å². The standard InChI is InChI=1S/C13H15Cl2N3/c1-13(2,16-3)12-7-17-8-18(12)9-4-5-10(14)11(15)6-9/h4-8,16H,1-3H3.